The van der Waals surface area contributed by atoms with Crippen molar-refractivity contribution in [1.82, 2.24) is 0 Å². The second-order valence-corrected chi connectivity index (χ2v) is 15.4. The maximum absolute atomic E-state index is 2.46. The third-order valence-corrected chi connectivity index (χ3v) is 12.3. The fraction of sp³-hybridized carbons (Fsp3) is 0.0357. The Morgan fingerprint density at radius 2 is 0.877 bits per heavy atom. The van der Waals surface area contributed by atoms with Gasteiger partial charge in [0.1, 0.15) is 0 Å². The van der Waals surface area contributed by atoms with Gasteiger partial charge in [-0.2, -0.15) is 0 Å². The van der Waals surface area contributed by atoms with Crippen molar-refractivity contribution < 1.29 is 0 Å². The van der Waals surface area contributed by atoms with Crippen molar-refractivity contribution in [3.05, 3.63) is 235 Å². The highest BCUT2D eigenvalue weighted by atomic mass is 15.1. The van der Waals surface area contributed by atoms with Crippen LogP contribution in [-0.2, 0) is 5.41 Å². The summed E-state index contributed by atoms with van der Waals surface area (Å²) in [6.45, 7) is 2.39. The van der Waals surface area contributed by atoms with E-state index in [0.717, 1.165) is 17.1 Å². The van der Waals surface area contributed by atoms with Crippen molar-refractivity contribution in [1.29, 1.82) is 0 Å². The summed E-state index contributed by atoms with van der Waals surface area (Å²) in [6.07, 6.45) is 0. The zero-order valence-electron chi connectivity index (χ0n) is 31.7. The average molecular weight is 726 g/mol. The molecule has 0 heterocycles. The molecule has 1 heteroatoms. The SMILES string of the molecule is CC1(c2ccccc2)c2ccccc2-c2c(-c3ccc4cccc(N(c5ccc(-c6cccc7ccccc67)cc5)c5cccc6ccccc56)c4c3)cccc21. The first-order valence-corrected chi connectivity index (χ1v) is 19.8. The number of anilines is 3. The molecule has 0 aliphatic heterocycles. The molecular weight excluding hydrogens is 687 g/mol. The minimum atomic E-state index is -0.255. The van der Waals surface area contributed by atoms with Crippen LogP contribution in [0.15, 0.2) is 218 Å². The minimum absolute atomic E-state index is 0.255. The van der Waals surface area contributed by atoms with Crippen molar-refractivity contribution in [3.63, 3.8) is 0 Å². The standard InChI is InChI=1S/C56H39N/c1-56(43-20-3-2-4-21-43)51-27-10-9-24-49(51)55-48(26-14-28-52(55)56)42-32-31-40-19-13-30-54(50(40)37-42)57(53-29-12-18-39-16-6-8-23-47(39)53)44-35-33-41(34-36-44)46-25-11-17-38-15-5-7-22-45(38)46/h2-37H,1H3. The van der Waals surface area contributed by atoms with Crippen molar-refractivity contribution in [2.45, 2.75) is 12.3 Å². The van der Waals surface area contributed by atoms with Gasteiger partial charge in [-0.15, -0.1) is 0 Å². The molecule has 1 aliphatic carbocycles. The van der Waals surface area contributed by atoms with Crippen LogP contribution in [0.2, 0.25) is 0 Å². The quantitative estimate of drug-likeness (QED) is 0.165. The molecule has 0 bridgehead atoms. The molecule has 1 unspecified atom stereocenters. The van der Waals surface area contributed by atoms with Gasteiger partial charge in [0.2, 0.25) is 0 Å². The van der Waals surface area contributed by atoms with Crippen LogP contribution in [0.5, 0.6) is 0 Å². The largest absolute Gasteiger partial charge is 0.309 e. The van der Waals surface area contributed by atoms with Crippen molar-refractivity contribution in [2.75, 3.05) is 4.90 Å². The van der Waals surface area contributed by atoms with Crippen LogP contribution in [0, 0.1) is 0 Å². The topological polar surface area (TPSA) is 3.24 Å². The summed E-state index contributed by atoms with van der Waals surface area (Å²) in [5.41, 5.74) is 14.7. The van der Waals surface area contributed by atoms with E-state index in [1.165, 1.54) is 82.4 Å². The summed E-state index contributed by atoms with van der Waals surface area (Å²) in [6, 6.07) is 80.3. The lowest BCUT2D eigenvalue weighted by atomic mass is 9.74. The third kappa shape index (κ3) is 5.24. The predicted molar refractivity (Wildman–Crippen MR) is 242 cm³/mol. The normalized spacial score (nSPS) is 14.5. The van der Waals surface area contributed by atoms with Crippen LogP contribution in [0.25, 0.3) is 65.7 Å². The molecule has 10 aromatic carbocycles. The summed E-state index contributed by atoms with van der Waals surface area (Å²) < 4.78 is 0. The van der Waals surface area contributed by atoms with Crippen LogP contribution < -0.4 is 4.90 Å². The zero-order chi connectivity index (χ0) is 37.9. The Bertz CT molecular complexity index is 3130. The monoisotopic (exact) mass is 725 g/mol. The van der Waals surface area contributed by atoms with Gasteiger partial charge in [-0.1, -0.05) is 188 Å². The summed E-state index contributed by atoms with van der Waals surface area (Å²) in [5.74, 6) is 0. The summed E-state index contributed by atoms with van der Waals surface area (Å²) in [4.78, 5) is 2.46. The molecule has 10 aromatic rings. The summed E-state index contributed by atoms with van der Waals surface area (Å²) in [7, 11) is 0. The van der Waals surface area contributed by atoms with Gasteiger partial charge in [-0.05, 0) is 109 Å². The molecule has 1 atom stereocenters. The van der Waals surface area contributed by atoms with Gasteiger partial charge in [0.25, 0.3) is 0 Å². The minimum Gasteiger partial charge on any atom is -0.309 e. The van der Waals surface area contributed by atoms with E-state index in [9.17, 15) is 0 Å². The van der Waals surface area contributed by atoms with Gasteiger partial charge in [-0.25, -0.2) is 0 Å². The number of rotatable bonds is 6. The number of benzene rings is 10. The number of hydrogen-bond acceptors (Lipinski definition) is 1. The summed E-state index contributed by atoms with van der Waals surface area (Å²) >= 11 is 0. The Morgan fingerprint density at radius 3 is 1.67 bits per heavy atom. The molecule has 1 nitrogen and oxygen atoms in total. The molecule has 0 aromatic heterocycles. The van der Waals surface area contributed by atoms with Gasteiger partial charge in [0.05, 0.1) is 11.4 Å². The summed E-state index contributed by atoms with van der Waals surface area (Å²) in [5, 5.41) is 7.35. The zero-order valence-corrected chi connectivity index (χ0v) is 31.7. The van der Waals surface area contributed by atoms with Crippen molar-refractivity contribution in [3.8, 4) is 33.4 Å². The lowest BCUT2D eigenvalue weighted by molar-refractivity contribution is 0.714. The van der Waals surface area contributed by atoms with E-state index in [1.54, 1.807) is 0 Å². The van der Waals surface area contributed by atoms with Gasteiger partial charge in [0.15, 0.2) is 0 Å². The van der Waals surface area contributed by atoms with Crippen LogP contribution >= 0.6 is 0 Å². The first kappa shape index (κ1) is 33.1. The van der Waals surface area contributed by atoms with Crippen LogP contribution in [-0.4, -0.2) is 0 Å². The molecule has 268 valence electrons. The van der Waals surface area contributed by atoms with E-state index < -0.39 is 0 Å². The maximum Gasteiger partial charge on any atom is 0.0540 e. The van der Waals surface area contributed by atoms with Crippen molar-refractivity contribution in [2.24, 2.45) is 0 Å². The van der Waals surface area contributed by atoms with Crippen molar-refractivity contribution >= 4 is 49.4 Å². The van der Waals surface area contributed by atoms with E-state index >= 15 is 0 Å². The smallest absolute Gasteiger partial charge is 0.0540 e. The average Bonchev–Trinajstić information content (AvgIpc) is 3.55. The van der Waals surface area contributed by atoms with E-state index in [2.05, 4.69) is 230 Å². The first-order chi connectivity index (χ1) is 28.2. The Labute approximate surface area is 333 Å². The molecule has 0 spiro atoms. The molecule has 0 fully saturated rings. The maximum atomic E-state index is 2.46. The lowest BCUT2D eigenvalue weighted by Crippen LogP contribution is -2.22. The second kappa shape index (κ2) is 13.2. The second-order valence-electron chi connectivity index (χ2n) is 15.4. The van der Waals surface area contributed by atoms with Crippen LogP contribution in [0.3, 0.4) is 0 Å². The molecule has 0 saturated carbocycles. The molecule has 0 N–H and O–H groups in total. The van der Waals surface area contributed by atoms with Gasteiger partial charge < -0.3 is 4.90 Å². The third-order valence-electron chi connectivity index (χ3n) is 12.3. The van der Waals surface area contributed by atoms with Crippen LogP contribution in [0.4, 0.5) is 17.1 Å². The van der Waals surface area contributed by atoms with E-state index in [-0.39, 0.29) is 5.41 Å². The van der Waals surface area contributed by atoms with E-state index in [0.29, 0.717) is 0 Å². The Kier molecular flexibility index (Phi) is 7.69. The van der Waals surface area contributed by atoms with Gasteiger partial charge in [0, 0.05) is 21.9 Å². The van der Waals surface area contributed by atoms with Gasteiger partial charge >= 0.3 is 0 Å². The number of nitrogens with zero attached hydrogens (tertiary/aromatic N) is 1. The highest BCUT2D eigenvalue weighted by molar-refractivity contribution is 6.07. The molecule has 0 radical (unpaired) electrons. The molecule has 57 heavy (non-hydrogen) atoms. The lowest BCUT2D eigenvalue weighted by Gasteiger charge is -2.29. The molecule has 1 aliphatic rings. The van der Waals surface area contributed by atoms with E-state index in [4.69, 9.17) is 0 Å². The first-order valence-electron chi connectivity index (χ1n) is 19.8. The van der Waals surface area contributed by atoms with Crippen LogP contribution in [0.1, 0.15) is 23.6 Å². The fourth-order valence-corrected chi connectivity index (χ4v) is 9.56. The highest BCUT2D eigenvalue weighted by Gasteiger charge is 2.41. The van der Waals surface area contributed by atoms with E-state index in [1.807, 2.05) is 0 Å². The number of fused-ring (bicyclic) bond motifs is 6. The molecule has 0 amide bonds. The fourth-order valence-electron chi connectivity index (χ4n) is 9.56. The molecular formula is C56H39N. The van der Waals surface area contributed by atoms with Gasteiger partial charge in [-0.3, -0.25) is 0 Å². The predicted octanol–water partition coefficient (Wildman–Crippen LogP) is 15.3. The Morgan fingerprint density at radius 1 is 0.351 bits per heavy atom. The highest BCUT2D eigenvalue weighted by Crippen LogP contribution is 2.55. The Balaban J connectivity index is 1.11. The Hall–Kier alpha value is -7.22. The molecule has 11 rings (SSSR count). The molecule has 0 saturated heterocycles. The number of hydrogen-bond donors (Lipinski definition) is 0.